The summed E-state index contributed by atoms with van der Waals surface area (Å²) in [7, 11) is 0. The van der Waals surface area contributed by atoms with Crippen LogP contribution in [0.5, 0.6) is 0 Å². The van der Waals surface area contributed by atoms with E-state index in [1.54, 1.807) is 0 Å². The van der Waals surface area contributed by atoms with Gasteiger partial charge in [0.05, 0.1) is 0 Å². The average molecular weight is 262 g/mol. The zero-order valence-corrected chi connectivity index (χ0v) is 13.1. The first-order valence-corrected chi connectivity index (χ1v) is 7.99. The van der Waals surface area contributed by atoms with Gasteiger partial charge in [0.2, 0.25) is 0 Å². The monoisotopic (exact) mass is 262 g/mol. The lowest BCUT2D eigenvalue weighted by atomic mass is 10.1. The van der Waals surface area contributed by atoms with E-state index in [9.17, 15) is 0 Å². The Balaban J connectivity index is 0.000000280. The van der Waals surface area contributed by atoms with Gasteiger partial charge in [0, 0.05) is 9.75 Å². The molecule has 0 aromatic carbocycles. The average Bonchev–Trinajstić information content (AvgIpc) is 2.61. The van der Waals surface area contributed by atoms with Crippen molar-refractivity contribution in [3.63, 3.8) is 0 Å². The standard InChI is InChI=1S/C12H14S.C5H12/c1-3-10-4-6-11-8-9(2)13-12(11)7-5-10;1-3-5-4-2/h4-5,7-8H,3,6H2,1-2H3;3-5H2,1-2H3. The van der Waals surface area contributed by atoms with Gasteiger partial charge in [-0.2, -0.15) is 0 Å². The molecule has 0 radical (unpaired) electrons. The molecule has 0 spiro atoms. The number of rotatable bonds is 3. The molecule has 0 nitrogen and oxygen atoms in total. The quantitative estimate of drug-likeness (QED) is 0.612. The summed E-state index contributed by atoms with van der Waals surface area (Å²) in [6.07, 6.45) is 13.2. The Bertz CT molecular complexity index is 405. The van der Waals surface area contributed by atoms with Crippen LogP contribution in [0.4, 0.5) is 0 Å². The molecule has 1 aromatic heterocycles. The van der Waals surface area contributed by atoms with E-state index in [1.165, 1.54) is 40.2 Å². The third kappa shape index (κ3) is 4.81. The predicted molar refractivity (Wildman–Crippen MR) is 85.4 cm³/mol. The van der Waals surface area contributed by atoms with Gasteiger partial charge in [0.1, 0.15) is 0 Å². The van der Waals surface area contributed by atoms with Gasteiger partial charge in [-0.1, -0.05) is 57.8 Å². The van der Waals surface area contributed by atoms with Gasteiger partial charge < -0.3 is 0 Å². The van der Waals surface area contributed by atoms with Gasteiger partial charge in [-0.15, -0.1) is 11.3 Å². The third-order valence-corrected chi connectivity index (χ3v) is 4.17. The SMILES string of the molecule is CCC1=CCc2cc(C)sc2C=C1.CCCCC. The number of fused-ring (bicyclic) bond motifs is 1. The molecule has 1 heteroatoms. The third-order valence-electron chi connectivity index (χ3n) is 3.11. The molecule has 1 aromatic rings. The molecule has 0 fully saturated rings. The molecule has 0 unspecified atom stereocenters. The van der Waals surface area contributed by atoms with E-state index in [0.29, 0.717) is 0 Å². The van der Waals surface area contributed by atoms with Crippen molar-refractivity contribution in [1.82, 2.24) is 0 Å². The molecular formula is C17H26S. The molecule has 1 heterocycles. The second kappa shape index (κ2) is 8.31. The molecule has 0 saturated heterocycles. The van der Waals surface area contributed by atoms with Crippen molar-refractivity contribution >= 4 is 17.4 Å². The summed E-state index contributed by atoms with van der Waals surface area (Å²) >= 11 is 1.90. The summed E-state index contributed by atoms with van der Waals surface area (Å²) in [5.41, 5.74) is 2.95. The highest BCUT2D eigenvalue weighted by Crippen LogP contribution is 2.27. The van der Waals surface area contributed by atoms with Crippen molar-refractivity contribution in [2.75, 3.05) is 0 Å². The Morgan fingerprint density at radius 2 is 1.83 bits per heavy atom. The largest absolute Gasteiger partial charge is 0.141 e. The Kier molecular flexibility index (Phi) is 7.04. The molecule has 18 heavy (non-hydrogen) atoms. The highest BCUT2D eigenvalue weighted by Gasteiger charge is 2.05. The first-order chi connectivity index (χ1) is 8.71. The van der Waals surface area contributed by atoms with Crippen LogP contribution in [0.25, 0.3) is 6.08 Å². The van der Waals surface area contributed by atoms with Crippen molar-refractivity contribution < 1.29 is 0 Å². The van der Waals surface area contributed by atoms with E-state index in [1.807, 2.05) is 11.3 Å². The van der Waals surface area contributed by atoms with Crippen LogP contribution in [0.3, 0.4) is 0 Å². The maximum Gasteiger partial charge on any atom is 0.0308 e. The summed E-state index contributed by atoms with van der Waals surface area (Å²) in [4.78, 5) is 2.86. The van der Waals surface area contributed by atoms with Crippen molar-refractivity contribution in [3.8, 4) is 0 Å². The fraction of sp³-hybridized carbons (Fsp3) is 0.529. The second-order valence-corrected chi connectivity index (χ2v) is 6.06. The molecule has 0 amide bonds. The van der Waals surface area contributed by atoms with Crippen LogP contribution in [0.15, 0.2) is 23.8 Å². The maximum absolute atomic E-state index is 2.34. The zero-order valence-electron chi connectivity index (χ0n) is 12.3. The van der Waals surface area contributed by atoms with Crippen molar-refractivity contribution in [1.29, 1.82) is 0 Å². The van der Waals surface area contributed by atoms with Crippen LogP contribution < -0.4 is 0 Å². The van der Waals surface area contributed by atoms with Gasteiger partial charge in [0.15, 0.2) is 0 Å². The first kappa shape index (κ1) is 15.2. The molecule has 1 aliphatic rings. The lowest BCUT2D eigenvalue weighted by Crippen LogP contribution is -1.78. The minimum absolute atomic E-state index is 1.11. The number of aryl methyl sites for hydroxylation is 1. The smallest absolute Gasteiger partial charge is 0.0308 e. The summed E-state index contributed by atoms with van der Waals surface area (Å²) in [6, 6.07) is 2.31. The summed E-state index contributed by atoms with van der Waals surface area (Å²) in [5.74, 6) is 0. The molecule has 0 aliphatic heterocycles. The van der Waals surface area contributed by atoms with Crippen molar-refractivity contribution in [3.05, 3.63) is 39.1 Å². The normalized spacial score (nSPS) is 13.2. The summed E-state index contributed by atoms with van der Waals surface area (Å²) in [6.45, 7) is 8.81. The number of unbranched alkanes of at least 4 members (excludes halogenated alkanes) is 2. The topological polar surface area (TPSA) is 0 Å². The Labute approximate surface area is 116 Å². The molecule has 2 rings (SSSR count). The van der Waals surface area contributed by atoms with Gasteiger partial charge >= 0.3 is 0 Å². The minimum Gasteiger partial charge on any atom is -0.141 e. The molecular weight excluding hydrogens is 236 g/mol. The predicted octanol–water partition coefficient (Wildman–Crippen LogP) is 6.16. The first-order valence-electron chi connectivity index (χ1n) is 7.17. The van der Waals surface area contributed by atoms with E-state index in [2.05, 4.69) is 52.0 Å². The second-order valence-electron chi connectivity index (χ2n) is 4.77. The fourth-order valence-electron chi connectivity index (χ4n) is 1.99. The maximum atomic E-state index is 2.34. The van der Waals surface area contributed by atoms with E-state index in [4.69, 9.17) is 0 Å². The number of hydrogen-bond acceptors (Lipinski definition) is 1. The highest BCUT2D eigenvalue weighted by atomic mass is 32.1. The molecule has 1 aliphatic carbocycles. The molecule has 0 bridgehead atoms. The highest BCUT2D eigenvalue weighted by molar-refractivity contribution is 7.13. The molecule has 0 atom stereocenters. The molecule has 0 saturated carbocycles. The van der Waals surface area contributed by atoms with Crippen LogP contribution in [-0.4, -0.2) is 0 Å². The molecule has 100 valence electrons. The van der Waals surface area contributed by atoms with Gasteiger partial charge in [-0.3, -0.25) is 0 Å². The number of thiophene rings is 1. The number of hydrogen-bond donors (Lipinski definition) is 0. The van der Waals surface area contributed by atoms with Gasteiger partial charge in [-0.25, -0.2) is 0 Å². The van der Waals surface area contributed by atoms with Crippen LogP contribution in [0.2, 0.25) is 0 Å². The number of allylic oxidation sites excluding steroid dienone is 3. The summed E-state index contributed by atoms with van der Waals surface area (Å²) < 4.78 is 0. The Morgan fingerprint density at radius 3 is 2.39 bits per heavy atom. The molecule has 0 N–H and O–H groups in total. The Hall–Kier alpha value is -0.820. The van der Waals surface area contributed by atoms with E-state index < -0.39 is 0 Å². The van der Waals surface area contributed by atoms with E-state index in [-0.39, 0.29) is 0 Å². The van der Waals surface area contributed by atoms with Crippen LogP contribution in [-0.2, 0) is 6.42 Å². The fourth-order valence-corrected chi connectivity index (χ4v) is 2.95. The lowest BCUT2D eigenvalue weighted by Gasteiger charge is -1.92. The van der Waals surface area contributed by atoms with Crippen molar-refractivity contribution in [2.45, 2.75) is 59.8 Å². The van der Waals surface area contributed by atoms with Crippen LogP contribution in [0.1, 0.15) is 61.8 Å². The van der Waals surface area contributed by atoms with Crippen molar-refractivity contribution in [2.24, 2.45) is 0 Å². The van der Waals surface area contributed by atoms with Crippen LogP contribution >= 0.6 is 11.3 Å². The van der Waals surface area contributed by atoms with E-state index >= 15 is 0 Å². The lowest BCUT2D eigenvalue weighted by molar-refractivity contribution is 0.772. The van der Waals surface area contributed by atoms with Crippen LogP contribution in [0, 0.1) is 6.92 Å². The zero-order chi connectivity index (χ0) is 13.4. The van der Waals surface area contributed by atoms with Gasteiger partial charge in [-0.05, 0) is 37.5 Å². The Morgan fingerprint density at radius 1 is 1.11 bits per heavy atom. The summed E-state index contributed by atoms with van der Waals surface area (Å²) in [5, 5.41) is 0. The minimum atomic E-state index is 1.11. The van der Waals surface area contributed by atoms with E-state index in [0.717, 1.165) is 12.8 Å². The van der Waals surface area contributed by atoms with Gasteiger partial charge in [0.25, 0.3) is 0 Å².